The molecule has 1 aliphatic rings. The van der Waals surface area contributed by atoms with E-state index < -0.39 is 5.92 Å². The van der Waals surface area contributed by atoms with Crippen molar-refractivity contribution in [1.82, 2.24) is 0 Å². The molecule has 1 aromatic rings. The number of halogens is 3. The Kier molecular flexibility index (Phi) is 6.17. The lowest BCUT2D eigenvalue weighted by Gasteiger charge is -2.15. The van der Waals surface area contributed by atoms with Crippen molar-refractivity contribution < 1.29 is 18.4 Å². The van der Waals surface area contributed by atoms with E-state index in [1.165, 1.54) is 0 Å². The number of rotatable bonds is 8. The van der Waals surface area contributed by atoms with E-state index in [0.29, 0.717) is 17.7 Å². The third kappa shape index (κ3) is 4.66. The number of nitrogens with zero attached hydrogens (tertiary/aromatic N) is 1. The summed E-state index contributed by atoms with van der Waals surface area (Å²) >= 11 is 3.04. The Bertz CT molecular complexity index is 535. The van der Waals surface area contributed by atoms with Crippen molar-refractivity contribution in [3.05, 3.63) is 29.3 Å². The maximum atomic E-state index is 13.4. The molecule has 3 nitrogen and oxygen atoms in total. The summed E-state index contributed by atoms with van der Waals surface area (Å²) in [4.78, 5) is 5.10. The average Bonchev–Trinajstić information content (AvgIpc) is 2.87. The molecule has 0 heterocycles. The molecule has 0 saturated carbocycles. The highest BCUT2D eigenvalue weighted by atomic mass is 79.9. The van der Waals surface area contributed by atoms with Gasteiger partial charge in [-0.2, -0.15) is 0 Å². The lowest BCUT2D eigenvalue weighted by molar-refractivity contribution is -0.0204. The second kappa shape index (κ2) is 7.90. The third-order valence-electron chi connectivity index (χ3n) is 3.52. The first-order chi connectivity index (χ1) is 10.6. The number of hydrogen-bond acceptors (Lipinski definition) is 3. The molecule has 0 radical (unpaired) electrons. The Hall–Kier alpha value is -1.17. The van der Waals surface area contributed by atoms with Crippen LogP contribution in [0.5, 0.6) is 5.75 Å². The van der Waals surface area contributed by atoms with Crippen LogP contribution in [0.1, 0.15) is 37.3 Å². The Labute approximate surface area is 137 Å². The number of oxime groups is 1. The van der Waals surface area contributed by atoms with Crippen LogP contribution < -0.4 is 4.74 Å². The first kappa shape index (κ1) is 17.2. The molecule has 0 spiro atoms. The Balaban J connectivity index is 1.93. The van der Waals surface area contributed by atoms with E-state index in [1.807, 2.05) is 19.1 Å². The zero-order valence-corrected chi connectivity index (χ0v) is 14.2. The van der Waals surface area contributed by atoms with Crippen LogP contribution in [0.25, 0.3) is 0 Å². The van der Waals surface area contributed by atoms with E-state index in [4.69, 9.17) is 9.57 Å². The van der Waals surface area contributed by atoms with Crippen LogP contribution in [-0.4, -0.2) is 30.2 Å². The summed E-state index contributed by atoms with van der Waals surface area (Å²) in [5, 5.41) is 4.39. The normalized spacial score (nSPS) is 15.9. The van der Waals surface area contributed by atoms with Crippen LogP contribution in [0, 0.1) is 0 Å². The largest absolute Gasteiger partial charge is 0.493 e. The van der Waals surface area contributed by atoms with E-state index in [1.54, 1.807) is 6.07 Å². The zero-order valence-electron chi connectivity index (χ0n) is 12.6. The van der Waals surface area contributed by atoms with E-state index in [9.17, 15) is 8.78 Å². The molecule has 0 saturated heterocycles. The number of ether oxygens (including phenoxy) is 1. The monoisotopic (exact) mass is 375 g/mol. The summed E-state index contributed by atoms with van der Waals surface area (Å²) in [5.41, 5.74) is 3.13. The highest BCUT2D eigenvalue weighted by molar-refractivity contribution is 9.09. The molecular formula is C16H20BrF2NO2. The molecule has 0 aliphatic heterocycles. The molecule has 0 amide bonds. The van der Waals surface area contributed by atoms with Gasteiger partial charge in [-0.25, -0.2) is 8.78 Å². The summed E-state index contributed by atoms with van der Waals surface area (Å²) in [6, 6.07) is 5.63. The summed E-state index contributed by atoms with van der Waals surface area (Å²) in [5.74, 6) is -2.05. The number of alkyl halides is 3. The summed E-state index contributed by atoms with van der Waals surface area (Å²) < 4.78 is 32.2. The van der Waals surface area contributed by atoms with Crippen LogP contribution in [0.15, 0.2) is 23.4 Å². The fourth-order valence-corrected chi connectivity index (χ4v) is 2.93. The molecule has 0 atom stereocenters. The SMILES string of the molecule is CCO/N=C1\CCc2cc(OCCC(F)(F)CCBr)ccc21. The van der Waals surface area contributed by atoms with Gasteiger partial charge in [0.2, 0.25) is 0 Å². The predicted molar refractivity (Wildman–Crippen MR) is 86.4 cm³/mol. The van der Waals surface area contributed by atoms with Gasteiger partial charge in [-0.1, -0.05) is 21.1 Å². The van der Waals surface area contributed by atoms with Crippen LogP contribution in [-0.2, 0) is 11.3 Å². The standard InChI is InChI=1S/C16H20BrF2NO2/c1-2-22-20-15-6-3-12-11-13(4-5-14(12)15)21-10-8-16(18,19)7-9-17/h4-5,11H,2-3,6-10H2,1H3/b20-15+. The van der Waals surface area contributed by atoms with Crippen molar-refractivity contribution in [2.45, 2.75) is 38.5 Å². The predicted octanol–water partition coefficient (Wildman–Crippen LogP) is 4.56. The van der Waals surface area contributed by atoms with Gasteiger partial charge in [0.15, 0.2) is 0 Å². The molecule has 6 heteroatoms. The van der Waals surface area contributed by atoms with Crippen LogP contribution in [0.3, 0.4) is 0 Å². The quantitative estimate of drug-likeness (QED) is 0.492. The maximum Gasteiger partial charge on any atom is 0.252 e. The van der Waals surface area contributed by atoms with E-state index in [2.05, 4.69) is 21.1 Å². The van der Waals surface area contributed by atoms with Crippen molar-refractivity contribution in [2.24, 2.45) is 5.16 Å². The van der Waals surface area contributed by atoms with Crippen molar-refractivity contribution in [2.75, 3.05) is 18.5 Å². The minimum atomic E-state index is -2.68. The minimum Gasteiger partial charge on any atom is -0.493 e. The average molecular weight is 376 g/mol. The molecule has 1 aromatic carbocycles. The van der Waals surface area contributed by atoms with Crippen molar-refractivity contribution >= 4 is 21.6 Å². The van der Waals surface area contributed by atoms with Gasteiger partial charge in [0, 0.05) is 23.7 Å². The van der Waals surface area contributed by atoms with Crippen LogP contribution in [0.2, 0.25) is 0 Å². The fourth-order valence-electron chi connectivity index (χ4n) is 2.35. The summed E-state index contributed by atoms with van der Waals surface area (Å²) in [6.45, 7) is 2.45. The van der Waals surface area contributed by atoms with E-state index in [-0.39, 0.29) is 19.4 Å². The third-order valence-corrected chi connectivity index (χ3v) is 3.92. The molecule has 0 bridgehead atoms. The second-order valence-corrected chi connectivity index (χ2v) is 5.96. The Morgan fingerprint density at radius 2 is 2.09 bits per heavy atom. The number of hydrogen-bond donors (Lipinski definition) is 0. The number of aryl methyl sites for hydroxylation is 1. The van der Waals surface area contributed by atoms with Crippen LogP contribution in [0.4, 0.5) is 8.78 Å². The lowest BCUT2D eigenvalue weighted by atomic mass is 10.1. The smallest absolute Gasteiger partial charge is 0.252 e. The zero-order chi connectivity index (χ0) is 16.0. The minimum absolute atomic E-state index is 0.0126. The molecule has 22 heavy (non-hydrogen) atoms. The lowest BCUT2D eigenvalue weighted by Crippen LogP contribution is -2.20. The summed E-state index contributed by atoms with van der Waals surface area (Å²) in [7, 11) is 0. The van der Waals surface area contributed by atoms with Crippen molar-refractivity contribution in [3.8, 4) is 5.75 Å². The molecule has 1 aliphatic carbocycles. The van der Waals surface area contributed by atoms with Gasteiger partial charge in [-0.3, -0.25) is 0 Å². The second-order valence-electron chi connectivity index (χ2n) is 5.17. The summed E-state index contributed by atoms with van der Waals surface area (Å²) in [6.07, 6.45) is 1.27. The van der Waals surface area contributed by atoms with Gasteiger partial charge in [0.05, 0.1) is 12.3 Å². The maximum absolute atomic E-state index is 13.4. The Morgan fingerprint density at radius 3 is 2.82 bits per heavy atom. The van der Waals surface area contributed by atoms with Gasteiger partial charge in [-0.05, 0) is 43.5 Å². The van der Waals surface area contributed by atoms with Crippen LogP contribution >= 0.6 is 15.9 Å². The van der Waals surface area contributed by atoms with Gasteiger partial charge in [0.1, 0.15) is 12.4 Å². The molecule has 122 valence electrons. The first-order valence-corrected chi connectivity index (χ1v) is 8.56. The number of benzene rings is 1. The number of fused-ring (bicyclic) bond motifs is 1. The Morgan fingerprint density at radius 1 is 1.27 bits per heavy atom. The molecule has 0 N–H and O–H groups in total. The highest BCUT2D eigenvalue weighted by Gasteiger charge is 2.27. The molecule has 2 rings (SSSR count). The fraction of sp³-hybridized carbons (Fsp3) is 0.562. The topological polar surface area (TPSA) is 30.8 Å². The molecular weight excluding hydrogens is 356 g/mol. The highest BCUT2D eigenvalue weighted by Crippen LogP contribution is 2.28. The van der Waals surface area contributed by atoms with E-state index in [0.717, 1.165) is 29.7 Å². The molecule has 0 fully saturated rings. The van der Waals surface area contributed by atoms with Gasteiger partial charge in [-0.15, -0.1) is 0 Å². The van der Waals surface area contributed by atoms with Gasteiger partial charge < -0.3 is 9.57 Å². The first-order valence-electron chi connectivity index (χ1n) is 7.44. The van der Waals surface area contributed by atoms with Gasteiger partial charge >= 0.3 is 0 Å². The van der Waals surface area contributed by atoms with Crippen molar-refractivity contribution in [3.63, 3.8) is 0 Å². The molecule has 0 aromatic heterocycles. The van der Waals surface area contributed by atoms with Gasteiger partial charge in [0.25, 0.3) is 5.92 Å². The van der Waals surface area contributed by atoms with Crippen molar-refractivity contribution in [1.29, 1.82) is 0 Å². The molecule has 0 unspecified atom stereocenters. The van der Waals surface area contributed by atoms with E-state index >= 15 is 0 Å².